The number of hydrogen-bond acceptors (Lipinski definition) is 3. The third-order valence-corrected chi connectivity index (χ3v) is 2.62. The van der Waals surface area contributed by atoms with Gasteiger partial charge in [-0.2, -0.15) is 0 Å². The van der Waals surface area contributed by atoms with Crippen molar-refractivity contribution in [1.29, 1.82) is 0 Å². The van der Waals surface area contributed by atoms with Crippen LogP contribution >= 0.6 is 23.2 Å². The molecule has 0 bridgehead atoms. The van der Waals surface area contributed by atoms with Crippen LogP contribution in [-0.2, 0) is 9.53 Å². The molecule has 0 aliphatic heterocycles. The average molecular weight is 304 g/mol. The number of hydrogen-bond donors (Lipinski definition) is 1. The van der Waals surface area contributed by atoms with Crippen LogP contribution in [0, 0.1) is 0 Å². The van der Waals surface area contributed by atoms with Gasteiger partial charge in [-0.1, -0.05) is 23.2 Å². The van der Waals surface area contributed by atoms with Crippen LogP contribution in [0.5, 0.6) is 0 Å². The number of carbonyl (C=O) groups is 2. The molecule has 19 heavy (non-hydrogen) atoms. The van der Waals surface area contributed by atoms with Gasteiger partial charge in [-0.3, -0.25) is 4.79 Å². The van der Waals surface area contributed by atoms with Gasteiger partial charge in [0.2, 0.25) is 0 Å². The van der Waals surface area contributed by atoms with Crippen LogP contribution in [0.2, 0.25) is 10.0 Å². The van der Waals surface area contributed by atoms with Crippen molar-refractivity contribution < 1.29 is 14.3 Å². The molecule has 1 aromatic rings. The fourth-order valence-electron chi connectivity index (χ4n) is 1.36. The lowest BCUT2D eigenvalue weighted by Gasteiger charge is -2.15. The van der Waals surface area contributed by atoms with Crippen molar-refractivity contribution in [3.8, 4) is 0 Å². The Morgan fingerprint density at radius 2 is 1.63 bits per heavy atom. The zero-order chi connectivity index (χ0) is 14.6. The van der Waals surface area contributed by atoms with E-state index in [9.17, 15) is 9.59 Å². The number of benzene rings is 1. The highest BCUT2D eigenvalue weighted by atomic mass is 35.5. The van der Waals surface area contributed by atoms with Gasteiger partial charge < -0.3 is 10.1 Å². The number of esters is 1. The smallest absolute Gasteiger partial charge is 0.339 e. The minimum atomic E-state index is -0.882. The molecule has 0 saturated heterocycles. The topological polar surface area (TPSA) is 55.4 Å². The van der Waals surface area contributed by atoms with Crippen molar-refractivity contribution in [3.63, 3.8) is 0 Å². The number of ether oxygens (including phenoxy) is 1. The van der Waals surface area contributed by atoms with E-state index in [1.165, 1.54) is 25.1 Å². The predicted molar refractivity (Wildman–Crippen MR) is 74.6 cm³/mol. The third-order valence-electron chi connectivity index (χ3n) is 2.18. The Labute approximate surface area is 122 Å². The third kappa shape index (κ3) is 5.09. The maximum Gasteiger partial charge on any atom is 0.339 e. The van der Waals surface area contributed by atoms with Crippen molar-refractivity contribution in [3.05, 3.63) is 33.8 Å². The average Bonchev–Trinajstić information content (AvgIpc) is 2.26. The number of halogens is 2. The highest BCUT2D eigenvalue weighted by molar-refractivity contribution is 6.35. The standard InChI is InChI=1S/C13H15Cl2NO3/c1-7(2)16-12(17)8(3)19-13(18)9-4-10(14)6-11(15)5-9/h4-8H,1-3H3,(H,16,17). The highest BCUT2D eigenvalue weighted by Crippen LogP contribution is 2.20. The van der Waals surface area contributed by atoms with Crippen molar-refractivity contribution in [2.75, 3.05) is 0 Å². The van der Waals surface area contributed by atoms with Crippen LogP contribution in [0.4, 0.5) is 0 Å². The summed E-state index contributed by atoms with van der Waals surface area (Å²) >= 11 is 11.6. The van der Waals surface area contributed by atoms with E-state index in [1.807, 2.05) is 13.8 Å². The molecule has 0 aliphatic carbocycles. The van der Waals surface area contributed by atoms with Gasteiger partial charge in [0.1, 0.15) is 0 Å². The molecule has 1 N–H and O–H groups in total. The molecule has 1 aromatic carbocycles. The molecule has 1 rings (SSSR count). The van der Waals surface area contributed by atoms with Crippen molar-refractivity contribution >= 4 is 35.1 Å². The van der Waals surface area contributed by atoms with Gasteiger partial charge >= 0.3 is 5.97 Å². The summed E-state index contributed by atoms with van der Waals surface area (Å²) in [6.07, 6.45) is -0.882. The number of carbonyl (C=O) groups excluding carboxylic acids is 2. The number of nitrogens with one attached hydrogen (secondary N) is 1. The minimum absolute atomic E-state index is 0.0192. The van der Waals surface area contributed by atoms with Crippen molar-refractivity contribution in [2.45, 2.75) is 32.9 Å². The van der Waals surface area contributed by atoms with Gasteiger partial charge in [0.25, 0.3) is 5.91 Å². The molecule has 1 amide bonds. The summed E-state index contributed by atoms with van der Waals surface area (Å²) in [6, 6.07) is 4.36. The van der Waals surface area contributed by atoms with Gasteiger partial charge in [0, 0.05) is 16.1 Å². The van der Waals surface area contributed by atoms with Gasteiger partial charge in [-0.15, -0.1) is 0 Å². The van der Waals surface area contributed by atoms with Crippen LogP contribution in [0.3, 0.4) is 0 Å². The van der Waals surface area contributed by atoms with E-state index in [2.05, 4.69) is 5.32 Å². The normalized spacial score (nSPS) is 12.1. The molecule has 0 heterocycles. The lowest BCUT2D eigenvalue weighted by molar-refractivity contribution is -0.129. The fraction of sp³-hybridized carbons (Fsp3) is 0.385. The van der Waals surface area contributed by atoms with Crippen LogP contribution in [-0.4, -0.2) is 24.0 Å². The fourth-order valence-corrected chi connectivity index (χ4v) is 1.88. The first-order valence-electron chi connectivity index (χ1n) is 5.77. The first-order chi connectivity index (χ1) is 8.79. The molecule has 1 unspecified atom stereocenters. The maximum absolute atomic E-state index is 11.8. The van der Waals surface area contributed by atoms with Crippen LogP contribution in [0.15, 0.2) is 18.2 Å². The Bertz CT molecular complexity index is 469. The zero-order valence-electron chi connectivity index (χ0n) is 10.9. The van der Waals surface area contributed by atoms with Gasteiger partial charge in [-0.25, -0.2) is 4.79 Å². The van der Waals surface area contributed by atoms with Crippen LogP contribution < -0.4 is 5.32 Å². The maximum atomic E-state index is 11.8. The second-order valence-electron chi connectivity index (χ2n) is 4.37. The van der Waals surface area contributed by atoms with E-state index in [4.69, 9.17) is 27.9 Å². The monoisotopic (exact) mass is 303 g/mol. The second kappa shape index (κ2) is 6.78. The summed E-state index contributed by atoms with van der Waals surface area (Å²) in [5, 5.41) is 3.32. The Morgan fingerprint density at radius 3 is 2.11 bits per heavy atom. The highest BCUT2D eigenvalue weighted by Gasteiger charge is 2.19. The van der Waals surface area contributed by atoms with E-state index in [1.54, 1.807) is 0 Å². The summed E-state index contributed by atoms with van der Waals surface area (Å²) in [5.41, 5.74) is 0.210. The second-order valence-corrected chi connectivity index (χ2v) is 5.24. The van der Waals surface area contributed by atoms with E-state index < -0.39 is 12.1 Å². The predicted octanol–water partition coefficient (Wildman–Crippen LogP) is 3.06. The molecule has 0 saturated carbocycles. The molecule has 0 aliphatic rings. The number of amides is 1. The molecule has 104 valence electrons. The van der Waals surface area contributed by atoms with Crippen LogP contribution in [0.25, 0.3) is 0 Å². The molecule has 0 spiro atoms. The van der Waals surface area contributed by atoms with Crippen LogP contribution in [0.1, 0.15) is 31.1 Å². The largest absolute Gasteiger partial charge is 0.449 e. The molecular formula is C13H15Cl2NO3. The Hall–Kier alpha value is -1.26. The Kier molecular flexibility index (Phi) is 5.63. The summed E-state index contributed by atoms with van der Waals surface area (Å²) in [6.45, 7) is 5.15. The van der Waals surface area contributed by atoms with E-state index in [-0.39, 0.29) is 17.5 Å². The first kappa shape index (κ1) is 15.8. The Balaban J connectivity index is 2.71. The molecule has 0 radical (unpaired) electrons. The van der Waals surface area contributed by atoms with Crippen molar-refractivity contribution in [2.24, 2.45) is 0 Å². The van der Waals surface area contributed by atoms with E-state index in [0.29, 0.717) is 10.0 Å². The molecule has 0 aromatic heterocycles. The lowest BCUT2D eigenvalue weighted by atomic mass is 10.2. The summed E-state index contributed by atoms with van der Waals surface area (Å²) < 4.78 is 5.04. The zero-order valence-corrected chi connectivity index (χ0v) is 12.4. The molecule has 0 fully saturated rings. The molecule has 4 nitrogen and oxygen atoms in total. The van der Waals surface area contributed by atoms with Gasteiger partial charge in [-0.05, 0) is 39.0 Å². The molecule has 6 heteroatoms. The number of rotatable bonds is 4. The van der Waals surface area contributed by atoms with E-state index >= 15 is 0 Å². The molecular weight excluding hydrogens is 289 g/mol. The lowest BCUT2D eigenvalue weighted by Crippen LogP contribution is -2.39. The minimum Gasteiger partial charge on any atom is -0.449 e. The quantitative estimate of drug-likeness (QED) is 0.870. The van der Waals surface area contributed by atoms with Crippen molar-refractivity contribution in [1.82, 2.24) is 5.32 Å². The summed E-state index contributed by atoms with van der Waals surface area (Å²) in [5.74, 6) is -0.993. The SMILES string of the molecule is CC(C)NC(=O)C(C)OC(=O)c1cc(Cl)cc(Cl)c1. The van der Waals surface area contributed by atoms with Gasteiger partial charge in [0.05, 0.1) is 5.56 Å². The van der Waals surface area contributed by atoms with Gasteiger partial charge in [0.15, 0.2) is 6.10 Å². The first-order valence-corrected chi connectivity index (χ1v) is 6.52. The molecule has 1 atom stereocenters. The summed E-state index contributed by atoms with van der Waals surface area (Å²) in [4.78, 5) is 23.4. The summed E-state index contributed by atoms with van der Waals surface area (Å²) in [7, 11) is 0. The van der Waals surface area contributed by atoms with E-state index in [0.717, 1.165) is 0 Å². The Morgan fingerprint density at radius 1 is 1.11 bits per heavy atom.